The second kappa shape index (κ2) is 5.62. The Morgan fingerprint density at radius 3 is 3.00 bits per heavy atom. The van der Waals surface area contributed by atoms with E-state index in [1.54, 1.807) is 17.4 Å². The number of carbonyl (C=O) groups is 1. The van der Waals surface area contributed by atoms with E-state index in [0.29, 0.717) is 16.6 Å². The number of H-pyrrole nitrogens is 1. The molecule has 2 N–H and O–H groups in total. The summed E-state index contributed by atoms with van der Waals surface area (Å²) in [4.78, 5) is 12.1. The molecule has 4 rings (SSSR count). The van der Waals surface area contributed by atoms with Crippen molar-refractivity contribution >= 4 is 40.3 Å². The highest BCUT2D eigenvalue weighted by atomic mass is 32.1. The van der Waals surface area contributed by atoms with E-state index < -0.39 is 5.82 Å². The lowest BCUT2D eigenvalue weighted by Gasteiger charge is -2.04. The van der Waals surface area contributed by atoms with Gasteiger partial charge in [0.1, 0.15) is 5.52 Å². The van der Waals surface area contributed by atoms with Gasteiger partial charge in [-0.15, -0.1) is 0 Å². The molecule has 6 heteroatoms. The van der Waals surface area contributed by atoms with Crippen molar-refractivity contribution in [2.75, 3.05) is 0 Å². The van der Waals surface area contributed by atoms with Gasteiger partial charge in [-0.3, -0.25) is 9.89 Å². The first kappa shape index (κ1) is 14.1. The average Bonchev–Trinajstić information content (AvgIpc) is 3.04. The van der Waals surface area contributed by atoms with Crippen LogP contribution in [0.2, 0.25) is 0 Å². The molecule has 0 radical (unpaired) electrons. The van der Waals surface area contributed by atoms with E-state index in [0.717, 1.165) is 18.4 Å². The normalized spacial score (nSPS) is 14.7. The molecule has 0 unspecified atom stereocenters. The van der Waals surface area contributed by atoms with Gasteiger partial charge < -0.3 is 5.32 Å². The SMILES string of the molecule is O=C(NC1CC1)c1cc(F)c2n[nH]c(/C=C/c3ccsc3)c2c1. The predicted molar refractivity (Wildman–Crippen MR) is 89.8 cm³/mol. The van der Waals surface area contributed by atoms with Crippen LogP contribution >= 0.6 is 11.3 Å². The van der Waals surface area contributed by atoms with E-state index in [1.807, 2.05) is 29.0 Å². The average molecular weight is 327 g/mol. The first-order valence-corrected chi connectivity index (χ1v) is 8.34. The third kappa shape index (κ3) is 2.90. The fourth-order valence-corrected chi connectivity index (χ4v) is 3.03. The molecule has 2 aromatic heterocycles. The van der Waals surface area contributed by atoms with Crippen LogP contribution in [0, 0.1) is 5.82 Å². The minimum atomic E-state index is -0.491. The van der Waals surface area contributed by atoms with Crippen LogP contribution < -0.4 is 5.32 Å². The summed E-state index contributed by atoms with van der Waals surface area (Å²) in [5.41, 5.74) is 2.33. The number of fused-ring (bicyclic) bond motifs is 1. The molecule has 0 bridgehead atoms. The summed E-state index contributed by atoms with van der Waals surface area (Å²) in [7, 11) is 0. The van der Waals surface area contributed by atoms with Crippen LogP contribution in [0.3, 0.4) is 0 Å². The Labute approximate surface area is 136 Å². The van der Waals surface area contributed by atoms with Crippen LogP contribution in [0.25, 0.3) is 23.1 Å². The number of nitrogens with one attached hydrogen (secondary N) is 2. The van der Waals surface area contributed by atoms with Gasteiger partial charge in [0.15, 0.2) is 5.82 Å². The van der Waals surface area contributed by atoms with E-state index >= 15 is 0 Å². The minimum Gasteiger partial charge on any atom is -0.349 e. The third-order valence-corrected chi connectivity index (χ3v) is 4.50. The van der Waals surface area contributed by atoms with Gasteiger partial charge in [-0.2, -0.15) is 16.4 Å². The van der Waals surface area contributed by atoms with Crippen LogP contribution in [0.1, 0.15) is 34.5 Å². The second-order valence-electron chi connectivity index (χ2n) is 5.63. The summed E-state index contributed by atoms with van der Waals surface area (Å²) in [6, 6.07) is 5.17. The molecule has 1 saturated carbocycles. The molecule has 4 nitrogen and oxygen atoms in total. The number of carbonyl (C=O) groups excluding carboxylic acids is 1. The number of hydrogen-bond acceptors (Lipinski definition) is 3. The Bertz CT molecular complexity index is 894. The van der Waals surface area contributed by atoms with Crippen molar-refractivity contribution in [2.45, 2.75) is 18.9 Å². The smallest absolute Gasteiger partial charge is 0.251 e. The molecule has 3 aromatic rings. The van der Waals surface area contributed by atoms with Gasteiger partial charge in [0, 0.05) is 17.0 Å². The maximum Gasteiger partial charge on any atom is 0.251 e. The zero-order chi connectivity index (χ0) is 15.8. The zero-order valence-corrected chi connectivity index (χ0v) is 13.0. The van der Waals surface area contributed by atoms with Crippen LogP contribution in [-0.2, 0) is 0 Å². The molecule has 1 aliphatic carbocycles. The van der Waals surface area contributed by atoms with Crippen molar-refractivity contribution in [1.82, 2.24) is 15.5 Å². The lowest BCUT2D eigenvalue weighted by Crippen LogP contribution is -2.25. The van der Waals surface area contributed by atoms with Gasteiger partial charge in [0.2, 0.25) is 0 Å². The van der Waals surface area contributed by atoms with Crippen molar-refractivity contribution in [3.63, 3.8) is 0 Å². The molecule has 1 aromatic carbocycles. The number of hydrogen-bond donors (Lipinski definition) is 2. The van der Waals surface area contributed by atoms with Gasteiger partial charge in [-0.05, 0) is 53.4 Å². The quantitative estimate of drug-likeness (QED) is 0.765. The number of nitrogens with zero attached hydrogens (tertiary/aromatic N) is 1. The van der Waals surface area contributed by atoms with E-state index in [4.69, 9.17) is 0 Å². The molecule has 0 spiro atoms. The summed E-state index contributed by atoms with van der Waals surface area (Å²) in [5, 5.41) is 14.3. The molecule has 2 heterocycles. The summed E-state index contributed by atoms with van der Waals surface area (Å²) < 4.78 is 14.2. The Morgan fingerprint density at radius 1 is 1.39 bits per heavy atom. The Hall–Kier alpha value is -2.47. The van der Waals surface area contributed by atoms with Crippen LogP contribution in [0.5, 0.6) is 0 Å². The molecule has 1 amide bonds. The molecule has 1 aliphatic rings. The third-order valence-electron chi connectivity index (χ3n) is 3.80. The number of aromatic nitrogens is 2. The van der Waals surface area contributed by atoms with E-state index in [9.17, 15) is 9.18 Å². The standard InChI is InChI=1S/C17H14FN3OS/c18-14-8-11(17(22)19-12-2-3-12)7-13-15(20-21-16(13)14)4-1-10-5-6-23-9-10/h1,4-9,12H,2-3H2,(H,19,22)(H,20,21)/b4-1+. The summed E-state index contributed by atoms with van der Waals surface area (Å²) in [6.07, 6.45) is 5.77. The highest BCUT2D eigenvalue weighted by Crippen LogP contribution is 2.24. The topological polar surface area (TPSA) is 57.8 Å². The summed E-state index contributed by atoms with van der Waals surface area (Å²) in [6.45, 7) is 0. The minimum absolute atomic E-state index is 0.234. The lowest BCUT2D eigenvalue weighted by molar-refractivity contribution is 0.0951. The van der Waals surface area contributed by atoms with Crippen molar-refractivity contribution in [3.05, 3.63) is 51.6 Å². The number of aromatic amines is 1. The van der Waals surface area contributed by atoms with Crippen molar-refractivity contribution in [1.29, 1.82) is 0 Å². The number of benzene rings is 1. The van der Waals surface area contributed by atoms with Crippen molar-refractivity contribution in [3.8, 4) is 0 Å². The molecular formula is C17H14FN3OS. The summed E-state index contributed by atoms with van der Waals surface area (Å²) in [5.74, 6) is -0.725. The Kier molecular flexibility index (Phi) is 3.46. The molecule has 0 saturated heterocycles. The lowest BCUT2D eigenvalue weighted by atomic mass is 10.1. The van der Waals surface area contributed by atoms with Crippen LogP contribution in [-0.4, -0.2) is 22.1 Å². The van der Waals surface area contributed by atoms with Gasteiger partial charge in [0.05, 0.1) is 5.69 Å². The molecule has 1 fully saturated rings. The van der Waals surface area contributed by atoms with Crippen LogP contribution in [0.15, 0.2) is 29.0 Å². The highest BCUT2D eigenvalue weighted by molar-refractivity contribution is 7.08. The molecule has 23 heavy (non-hydrogen) atoms. The van der Waals surface area contributed by atoms with Crippen molar-refractivity contribution in [2.24, 2.45) is 0 Å². The number of rotatable bonds is 4. The first-order valence-electron chi connectivity index (χ1n) is 7.39. The highest BCUT2D eigenvalue weighted by Gasteiger charge is 2.24. The number of amides is 1. The fourth-order valence-electron chi connectivity index (χ4n) is 2.40. The number of thiophene rings is 1. The predicted octanol–water partition coefficient (Wildman–Crippen LogP) is 3.83. The first-order chi connectivity index (χ1) is 11.2. The fraction of sp³-hybridized carbons (Fsp3) is 0.176. The Morgan fingerprint density at radius 2 is 2.26 bits per heavy atom. The molecular weight excluding hydrogens is 313 g/mol. The van der Waals surface area contributed by atoms with Gasteiger partial charge >= 0.3 is 0 Å². The van der Waals surface area contributed by atoms with E-state index in [-0.39, 0.29) is 17.5 Å². The summed E-state index contributed by atoms with van der Waals surface area (Å²) >= 11 is 1.61. The van der Waals surface area contributed by atoms with Gasteiger partial charge in [-0.1, -0.05) is 6.08 Å². The molecule has 116 valence electrons. The molecule has 0 aliphatic heterocycles. The van der Waals surface area contributed by atoms with Gasteiger partial charge in [-0.25, -0.2) is 4.39 Å². The van der Waals surface area contributed by atoms with E-state index in [2.05, 4.69) is 15.5 Å². The van der Waals surface area contributed by atoms with Gasteiger partial charge in [0.25, 0.3) is 5.91 Å². The molecule has 0 atom stereocenters. The largest absolute Gasteiger partial charge is 0.349 e. The van der Waals surface area contributed by atoms with Crippen LogP contribution in [0.4, 0.5) is 4.39 Å². The zero-order valence-electron chi connectivity index (χ0n) is 12.2. The second-order valence-corrected chi connectivity index (χ2v) is 6.41. The maximum atomic E-state index is 14.2. The monoisotopic (exact) mass is 327 g/mol. The number of halogens is 1. The Balaban J connectivity index is 1.71. The maximum absolute atomic E-state index is 14.2. The van der Waals surface area contributed by atoms with Crippen molar-refractivity contribution < 1.29 is 9.18 Å². The van der Waals surface area contributed by atoms with E-state index in [1.165, 1.54) is 6.07 Å².